The van der Waals surface area contributed by atoms with Crippen LogP contribution in [0.2, 0.25) is 0 Å². The van der Waals surface area contributed by atoms with Crippen molar-refractivity contribution in [1.82, 2.24) is 0 Å². The van der Waals surface area contributed by atoms with Gasteiger partial charge in [-0.3, -0.25) is 9.55 Å². The second-order valence-electron chi connectivity index (χ2n) is 7.61. The average molecular weight is 361 g/mol. The number of phenolic OH excluding ortho intramolecular Hbond substituents is 1. The van der Waals surface area contributed by atoms with E-state index in [1.54, 1.807) is 6.07 Å². The second-order valence-corrected chi connectivity index (χ2v) is 9.04. The van der Waals surface area contributed by atoms with E-state index in [0.29, 0.717) is 23.7 Å². The first kappa shape index (κ1) is 16.8. The molecule has 1 heterocycles. The predicted molar refractivity (Wildman–Crippen MR) is 95.6 cm³/mol. The summed E-state index contributed by atoms with van der Waals surface area (Å²) in [6.07, 6.45) is 7.82. The fourth-order valence-electron chi connectivity index (χ4n) is 5.01. The second kappa shape index (κ2) is 5.95. The van der Waals surface area contributed by atoms with Gasteiger partial charge in [0.05, 0.1) is 4.90 Å². The Labute approximate surface area is 148 Å². The molecule has 3 aliphatic rings. The van der Waals surface area contributed by atoms with Crippen molar-refractivity contribution in [2.45, 2.75) is 37.0 Å². The van der Waals surface area contributed by atoms with Crippen molar-refractivity contribution in [3.63, 3.8) is 0 Å². The highest BCUT2D eigenvalue weighted by atomic mass is 32.2. The topological polar surface area (TPSA) is 87.0 Å². The maximum Gasteiger partial charge on any atom is 0.294 e. The summed E-state index contributed by atoms with van der Waals surface area (Å²) in [5.41, 5.74) is 2.05. The van der Waals surface area contributed by atoms with E-state index in [4.69, 9.17) is 4.99 Å². The summed E-state index contributed by atoms with van der Waals surface area (Å²) in [6, 6.07) is 4.20. The zero-order valence-electron chi connectivity index (χ0n) is 14.2. The Morgan fingerprint density at radius 1 is 1.20 bits per heavy atom. The van der Waals surface area contributed by atoms with Crippen molar-refractivity contribution >= 4 is 15.8 Å². The van der Waals surface area contributed by atoms with Crippen molar-refractivity contribution in [2.24, 2.45) is 28.7 Å². The fourth-order valence-corrected chi connectivity index (χ4v) is 5.56. The number of hydrogen-bond donors (Lipinski definition) is 2. The summed E-state index contributed by atoms with van der Waals surface area (Å²) in [5, 5.41) is 9.99. The van der Waals surface area contributed by atoms with Crippen LogP contribution in [0.4, 0.5) is 0 Å². The SMILES string of the molecule is C[C@H]1CN=C2CCC[C@@H]3C=C[C@H](c4cc(O)cc(S(=O)(=O)O)c4)[C@H]1[C@@H]23. The molecule has 6 heteroatoms. The standard InChI is InChI=1S/C19H23NO4S/c1-11-10-20-17-4-2-3-12-5-6-16(18(11)19(12)17)13-7-14(21)9-15(8-13)25(22,23)24/h5-9,11-12,16,18-19,21H,2-4,10H2,1H3,(H,22,23,24)/t11-,12+,16+,18-,19+/m0/s1. The summed E-state index contributed by atoms with van der Waals surface area (Å²) in [4.78, 5) is 4.56. The third kappa shape index (κ3) is 2.91. The van der Waals surface area contributed by atoms with Gasteiger partial charge in [0.2, 0.25) is 0 Å². The molecule has 0 radical (unpaired) electrons. The molecule has 0 amide bonds. The fraction of sp³-hybridized carbons (Fsp3) is 0.526. The van der Waals surface area contributed by atoms with E-state index in [2.05, 4.69) is 19.1 Å². The van der Waals surface area contributed by atoms with Crippen LogP contribution < -0.4 is 0 Å². The molecule has 1 fully saturated rings. The minimum atomic E-state index is -4.35. The van der Waals surface area contributed by atoms with Gasteiger partial charge in [-0.1, -0.05) is 19.1 Å². The molecule has 1 aliphatic heterocycles. The number of phenols is 1. The van der Waals surface area contributed by atoms with Gasteiger partial charge >= 0.3 is 0 Å². The average Bonchev–Trinajstić information content (AvgIpc) is 2.56. The monoisotopic (exact) mass is 361 g/mol. The molecule has 25 heavy (non-hydrogen) atoms. The lowest BCUT2D eigenvalue weighted by Gasteiger charge is -2.48. The van der Waals surface area contributed by atoms with Gasteiger partial charge in [0.15, 0.2) is 0 Å². The lowest BCUT2D eigenvalue weighted by Crippen LogP contribution is -2.45. The molecule has 1 aromatic rings. The summed E-state index contributed by atoms with van der Waals surface area (Å²) in [5.74, 6) is 1.53. The molecule has 0 spiro atoms. The number of benzene rings is 1. The van der Waals surface area contributed by atoms with Crippen molar-refractivity contribution in [3.05, 3.63) is 35.9 Å². The van der Waals surface area contributed by atoms with Gasteiger partial charge in [-0.2, -0.15) is 8.42 Å². The number of rotatable bonds is 2. The molecule has 2 aliphatic carbocycles. The predicted octanol–water partition coefficient (Wildman–Crippen LogP) is 3.42. The van der Waals surface area contributed by atoms with Gasteiger partial charge in [0.1, 0.15) is 5.75 Å². The Morgan fingerprint density at radius 3 is 2.76 bits per heavy atom. The van der Waals surface area contributed by atoms with Gasteiger partial charge < -0.3 is 5.11 Å². The van der Waals surface area contributed by atoms with E-state index < -0.39 is 10.1 Å². The number of hydrogen-bond acceptors (Lipinski definition) is 4. The molecule has 5 atom stereocenters. The quantitative estimate of drug-likeness (QED) is 0.624. The summed E-state index contributed by atoms with van der Waals surface area (Å²) in [6.45, 7) is 3.01. The molecule has 0 saturated heterocycles. The van der Waals surface area contributed by atoms with Crippen LogP contribution in [-0.4, -0.2) is 30.3 Å². The molecule has 1 aromatic carbocycles. The van der Waals surface area contributed by atoms with E-state index in [9.17, 15) is 18.1 Å². The van der Waals surface area contributed by atoms with Crippen molar-refractivity contribution in [2.75, 3.05) is 6.54 Å². The molecule has 0 bridgehead atoms. The van der Waals surface area contributed by atoms with Crippen molar-refractivity contribution in [3.8, 4) is 5.75 Å². The van der Waals surface area contributed by atoms with Crippen LogP contribution in [0.3, 0.4) is 0 Å². The Kier molecular flexibility index (Phi) is 4.00. The molecule has 2 N–H and O–H groups in total. The Hall–Kier alpha value is -1.66. The van der Waals surface area contributed by atoms with E-state index >= 15 is 0 Å². The molecule has 0 unspecified atom stereocenters. The Morgan fingerprint density at radius 2 is 2.00 bits per heavy atom. The van der Waals surface area contributed by atoms with Crippen LogP contribution in [0.1, 0.15) is 37.7 Å². The Bertz CT molecular complexity index is 858. The van der Waals surface area contributed by atoms with Gasteiger partial charge in [0.25, 0.3) is 10.1 Å². The smallest absolute Gasteiger partial charge is 0.294 e. The van der Waals surface area contributed by atoms with E-state index in [1.807, 2.05) is 0 Å². The largest absolute Gasteiger partial charge is 0.508 e. The summed E-state index contributed by atoms with van der Waals surface area (Å²) in [7, 11) is -4.35. The number of aliphatic imine (C=N–C) groups is 1. The summed E-state index contributed by atoms with van der Waals surface area (Å²) >= 11 is 0. The molecular formula is C19H23NO4S. The van der Waals surface area contributed by atoms with Crippen LogP contribution in [0.5, 0.6) is 5.75 Å². The third-order valence-electron chi connectivity index (χ3n) is 6.05. The van der Waals surface area contributed by atoms with E-state index in [0.717, 1.165) is 24.6 Å². The van der Waals surface area contributed by atoms with Crippen LogP contribution in [0, 0.1) is 23.7 Å². The van der Waals surface area contributed by atoms with Crippen LogP contribution in [0.25, 0.3) is 0 Å². The van der Waals surface area contributed by atoms with Crippen LogP contribution >= 0.6 is 0 Å². The highest BCUT2D eigenvalue weighted by Gasteiger charge is 2.45. The molecule has 5 nitrogen and oxygen atoms in total. The number of aromatic hydroxyl groups is 1. The molecule has 4 rings (SSSR count). The lowest BCUT2D eigenvalue weighted by atomic mass is 9.58. The molecule has 134 valence electrons. The van der Waals surface area contributed by atoms with E-state index in [-0.39, 0.29) is 16.6 Å². The minimum Gasteiger partial charge on any atom is -0.508 e. The van der Waals surface area contributed by atoms with Crippen LogP contribution in [0.15, 0.2) is 40.2 Å². The summed E-state index contributed by atoms with van der Waals surface area (Å²) < 4.78 is 32.4. The van der Waals surface area contributed by atoms with Gasteiger partial charge in [0, 0.05) is 30.2 Å². The lowest BCUT2D eigenvalue weighted by molar-refractivity contribution is 0.186. The van der Waals surface area contributed by atoms with Gasteiger partial charge in [-0.15, -0.1) is 0 Å². The normalized spacial score (nSPS) is 34.3. The maximum atomic E-state index is 11.5. The maximum absolute atomic E-state index is 11.5. The van der Waals surface area contributed by atoms with Crippen molar-refractivity contribution in [1.29, 1.82) is 0 Å². The first-order chi connectivity index (χ1) is 11.8. The number of nitrogens with zero attached hydrogens (tertiary/aromatic N) is 1. The first-order valence-electron chi connectivity index (χ1n) is 8.87. The zero-order valence-corrected chi connectivity index (χ0v) is 15.0. The molecule has 1 saturated carbocycles. The first-order valence-corrected chi connectivity index (χ1v) is 10.3. The van der Waals surface area contributed by atoms with Crippen molar-refractivity contribution < 1.29 is 18.1 Å². The molecular weight excluding hydrogens is 338 g/mol. The third-order valence-corrected chi connectivity index (χ3v) is 6.88. The highest BCUT2D eigenvalue weighted by molar-refractivity contribution is 7.85. The van der Waals surface area contributed by atoms with Gasteiger partial charge in [-0.25, -0.2) is 0 Å². The Balaban J connectivity index is 1.81. The van der Waals surface area contributed by atoms with Gasteiger partial charge in [-0.05, 0) is 54.7 Å². The van der Waals surface area contributed by atoms with E-state index in [1.165, 1.54) is 24.6 Å². The highest BCUT2D eigenvalue weighted by Crippen LogP contribution is 2.50. The zero-order chi connectivity index (χ0) is 17.8. The minimum absolute atomic E-state index is 0.0208. The van der Waals surface area contributed by atoms with Crippen LogP contribution in [-0.2, 0) is 10.1 Å². The molecule has 0 aromatic heterocycles. The number of allylic oxidation sites excluding steroid dienone is 2.